The van der Waals surface area contributed by atoms with Crippen LogP contribution in [0.25, 0.3) is 0 Å². The van der Waals surface area contributed by atoms with E-state index in [9.17, 15) is 9.59 Å². The van der Waals surface area contributed by atoms with E-state index in [0.29, 0.717) is 29.8 Å². The molecule has 0 heterocycles. The molecule has 0 aliphatic rings. The van der Waals surface area contributed by atoms with Crippen molar-refractivity contribution in [3.8, 4) is 11.8 Å². The van der Waals surface area contributed by atoms with Gasteiger partial charge in [0.15, 0.2) is 0 Å². The molecule has 7 heteroatoms. The first-order valence-electron chi connectivity index (χ1n) is 7.80. The summed E-state index contributed by atoms with van der Waals surface area (Å²) in [5, 5.41) is 14.2. The molecule has 0 atom stereocenters. The Morgan fingerprint density at radius 1 is 1.33 bits per heavy atom. The second kappa shape index (κ2) is 10.2. The van der Waals surface area contributed by atoms with Crippen molar-refractivity contribution in [2.45, 2.75) is 19.3 Å². The lowest BCUT2D eigenvalue weighted by molar-refractivity contribution is -0.121. The zero-order valence-corrected chi connectivity index (χ0v) is 14.4. The van der Waals surface area contributed by atoms with Crippen LogP contribution < -0.4 is 15.4 Å². The minimum Gasteiger partial charge on any atom is -0.410 e. The van der Waals surface area contributed by atoms with Gasteiger partial charge in [-0.25, -0.2) is 4.79 Å². The van der Waals surface area contributed by atoms with Crippen LogP contribution in [0, 0.1) is 11.3 Å². The molecule has 7 nitrogen and oxygen atoms in total. The number of nitrogens with zero attached hydrogens (tertiary/aromatic N) is 2. The lowest BCUT2D eigenvalue weighted by Gasteiger charge is -2.11. The van der Waals surface area contributed by atoms with E-state index in [1.54, 1.807) is 12.1 Å². The maximum atomic E-state index is 11.9. The molecule has 0 unspecified atom stereocenters. The lowest BCUT2D eigenvalue weighted by Crippen LogP contribution is -2.27. The standard InChI is InChI=1S/C17H24N4O3/c1-19-17(23)24-15-11-13(12-18)5-6-14(15)7-8-16(22)20-9-4-10-21(2)3/h5-6,11H,4,7-10H2,1-3H3,(H,19,23)(H,20,22). The number of nitrogens with one attached hydrogen (secondary N) is 2. The van der Waals surface area contributed by atoms with Crippen molar-refractivity contribution in [1.29, 1.82) is 5.26 Å². The molecule has 0 fully saturated rings. The summed E-state index contributed by atoms with van der Waals surface area (Å²) in [6, 6.07) is 6.84. The van der Waals surface area contributed by atoms with Crippen LogP contribution in [0.3, 0.4) is 0 Å². The summed E-state index contributed by atoms with van der Waals surface area (Å²) in [4.78, 5) is 25.3. The third kappa shape index (κ3) is 7.11. The van der Waals surface area contributed by atoms with Gasteiger partial charge >= 0.3 is 6.09 Å². The lowest BCUT2D eigenvalue weighted by atomic mass is 10.1. The van der Waals surface area contributed by atoms with Crippen LogP contribution in [-0.4, -0.2) is 51.1 Å². The molecule has 1 aromatic carbocycles. The van der Waals surface area contributed by atoms with Crippen molar-refractivity contribution in [3.63, 3.8) is 0 Å². The predicted octanol–water partition coefficient (Wildman–Crippen LogP) is 1.28. The van der Waals surface area contributed by atoms with E-state index >= 15 is 0 Å². The maximum Gasteiger partial charge on any atom is 0.412 e. The molecular weight excluding hydrogens is 308 g/mol. The summed E-state index contributed by atoms with van der Waals surface area (Å²) in [5.74, 6) is 0.248. The molecule has 0 spiro atoms. The maximum absolute atomic E-state index is 11.9. The highest BCUT2D eigenvalue weighted by Crippen LogP contribution is 2.22. The summed E-state index contributed by atoms with van der Waals surface area (Å²) >= 11 is 0. The van der Waals surface area contributed by atoms with Gasteiger partial charge in [-0.3, -0.25) is 4.79 Å². The number of amides is 2. The molecule has 0 saturated carbocycles. The SMILES string of the molecule is CNC(=O)Oc1cc(C#N)ccc1CCC(=O)NCCCN(C)C. The fourth-order valence-electron chi connectivity index (χ4n) is 2.04. The van der Waals surface area contributed by atoms with E-state index in [1.807, 2.05) is 20.2 Å². The van der Waals surface area contributed by atoms with Crippen LogP contribution in [0.1, 0.15) is 24.0 Å². The molecule has 24 heavy (non-hydrogen) atoms. The van der Waals surface area contributed by atoms with E-state index in [-0.39, 0.29) is 12.3 Å². The fraction of sp³-hybridized carbons (Fsp3) is 0.471. The van der Waals surface area contributed by atoms with Crippen LogP contribution in [0.4, 0.5) is 4.79 Å². The number of carbonyl (C=O) groups is 2. The Morgan fingerprint density at radius 2 is 2.08 bits per heavy atom. The molecule has 0 bridgehead atoms. The Kier molecular flexibility index (Phi) is 8.30. The molecule has 2 N–H and O–H groups in total. The van der Waals surface area contributed by atoms with Gasteiger partial charge in [-0.1, -0.05) is 6.07 Å². The Morgan fingerprint density at radius 3 is 2.71 bits per heavy atom. The first-order valence-corrected chi connectivity index (χ1v) is 7.80. The number of benzene rings is 1. The highest BCUT2D eigenvalue weighted by atomic mass is 16.6. The van der Waals surface area contributed by atoms with Crippen molar-refractivity contribution < 1.29 is 14.3 Å². The average Bonchev–Trinajstić information content (AvgIpc) is 2.57. The number of ether oxygens (including phenoxy) is 1. The summed E-state index contributed by atoms with van der Waals surface area (Å²) in [6.07, 6.45) is 0.996. The van der Waals surface area contributed by atoms with E-state index in [4.69, 9.17) is 10.00 Å². The predicted molar refractivity (Wildman–Crippen MR) is 90.7 cm³/mol. The van der Waals surface area contributed by atoms with E-state index in [1.165, 1.54) is 13.1 Å². The number of carbonyl (C=O) groups excluding carboxylic acids is 2. The van der Waals surface area contributed by atoms with Crippen LogP contribution in [0.15, 0.2) is 18.2 Å². The first kappa shape index (κ1) is 19.5. The zero-order chi connectivity index (χ0) is 17.9. The molecule has 0 aliphatic heterocycles. The van der Waals surface area contributed by atoms with Gasteiger partial charge in [0.05, 0.1) is 11.6 Å². The number of aryl methyl sites for hydroxylation is 1. The summed E-state index contributed by atoms with van der Waals surface area (Å²) in [6.45, 7) is 1.55. The van der Waals surface area contributed by atoms with Gasteiger partial charge in [-0.15, -0.1) is 0 Å². The second-order valence-electron chi connectivity index (χ2n) is 5.58. The van der Waals surface area contributed by atoms with Crippen molar-refractivity contribution in [3.05, 3.63) is 29.3 Å². The van der Waals surface area contributed by atoms with Gasteiger partial charge in [0.1, 0.15) is 5.75 Å². The fourth-order valence-corrected chi connectivity index (χ4v) is 2.04. The van der Waals surface area contributed by atoms with Crippen LogP contribution in [-0.2, 0) is 11.2 Å². The zero-order valence-electron chi connectivity index (χ0n) is 14.4. The Balaban J connectivity index is 2.58. The average molecular weight is 332 g/mol. The van der Waals surface area contributed by atoms with Gasteiger partial charge < -0.3 is 20.3 Å². The molecule has 0 saturated heterocycles. The highest BCUT2D eigenvalue weighted by molar-refractivity contribution is 5.76. The monoisotopic (exact) mass is 332 g/mol. The van der Waals surface area contributed by atoms with Crippen molar-refractivity contribution in [1.82, 2.24) is 15.5 Å². The minimum absolute atomic E-state index is 0.0518. The molecule has 1 aromatic rings. The topological polar surface area (TPSA) is 94.5 Å². The third-order valence-corrected chi connectivity index (χ3v) is 3.33. The Labute approximate surface area is 142 Å². The molecular formula is C17H24N4O3. The van der Waals surface area contributed by atoms with Crippen LogP contribution in [0.2, 0.25) is 0 Å². The first-order chi connectivity index (χ1) is 11.5. The Bertz CT molecular complexity index is 608. The molecule has 0 radical (unpaired) electrons. The van der Waals surface area contributed by atoms with Crippen LogP contribution in [0.5, 0.6) is 5.75 Å². The van der Waals surface area contributed by atoms with Gasteiger partial charge in [0, 0.05) is 20.0 Å². The minimum atomic E-state index is -0.612. The quantitative estimate of drug-likeness (QED) is 0.699. The molecule has 130 valence electrons. The van der Waals surface area contributed by atoms with Crippen molar-refractivity contribution in [2.75, 3.05) is 34.2 Å². The van der Waals surface area contributed by atoms with Gasteiger partial charge in [0.25, 0.3) is 0 Å². The molecule has 1 rings (SSSR count). The number of nitriles is 1. The summed E-state index contributed by atoms with van der Waals surface area (Å²) in [7, 11) is 5.43. The van der Waals surface area contributed by atoms with Gasteiger partial charge in [-0.05, 0) is 51.2 Å². The number of hydrogen-bond acceptors (Lipinski definition) is 5. The molecule has 0 aliphatic carbocycles. The Hall–Kier alpha value is -2.59. The third-order valence-electron chi connectivity index (χ3n) is 3.33. The number of hydrogen-bond donors (Lipinski definition) is 2. The molecule has 0 aromatic heterocycles. The summed E-state index contributed by atoms with van der Waals surface area (Å²) in [5.41, 5.74) is 1.10. The molecule has 2 amide bonds. The summed E-state index contributed by atoms with van der Waals surface area (Å²) < 4.78 is 5.16. The van der Waals surface area contributed by atoms with E-state index in [2.05, 4.69) is 15.5 Å². The van der Waals surface area contributed by atoms with Gasteiger partial charge in [-0.2, -0.15) is 5.26 Å². The van der Waals surface area contributed by atoms with Gasteiger partial charge in [0.2, 0.25) is 5.91 Å². The van der Waals surface area contributed by atoms with Crippen molar-refractivity contribution >= 4 is 12.0 Å². The highest BCUT2D eigenvalue weighted by Gasteiger charge is 2.11. The van der Waals surface area contributed by atoms with Crippen LogP contribution >= 0.6 is 0 Å². The second-order valence-corrected chi connectivity index (χ2v) is 5.58. The number of rotatable bonds is 8. The smallest absolute Gasteiger partial charge is 0.410 e. The largest absolute Gasteiger partial charge is 0.412 e. The van der Waals surface area contributed by atoms with E-state index in [0.717, 1.165) is 13.0 Å². The van der Waals surface area contributed by atoms with E-state index < -0.39 is 6.09 Å². The van der Waals surface area contributed by atoms with Crippen molar-refractivity contribution in [2.24, 2.45) is 0 Å². The normalized spacial score (nSPS) is 10.1.